The fraction of sp³-hybridized carbons (Fsp3) is 0. The second-order valence-electron chi connectivity index (χ2n) is 5.01. The summed E-state index contributed by atoms with van der Waals surface area (Å²) < 4.78 is 0. The van der Waals surface area contributed by atoms with Crippen molar-refractivity contribution in [3.8, 4) is 18.2 Å². The maximum atomic E-state index is 9.36. The highest BCUT2D eigenvalue weighted by Gasteiger charge is 2.11. The summed E-state index contributed by atoms with van der Waals surface area (Å²) in [7, 11) is 0. The zero-order chi connectivity index (χ0) is 17.1. The van der Waals surface area contributed by atoms with Crippen molar-refractivity contribution in [2.24, 2.45) is 0 Å². The molecule has 4 nitrogen and oxygen atoms in total. The van der Waals surface area contributed by atoms with E-state index in [1.165, 1.54) is 0 Å². The molecule has 3 rings (SSSR count). The molecule has 0 aliphatic rings. The first-order valence-electron chi connectivity index (χ1n) is 7.02. The minimum Gasteiger partial charge on any atom is -0.226 e. The molecule has 0 bridgehead atoms. The van der Waals surface area contributed by atoms with E-state index < -0.39 is 0 Å². The summed E-state index contributed by atoms with van der Waals surface area (Å²) >= 11 is 0. The molecule has 0 aliphatic carbocycles. The predicted molar refractivity (Wildman–Crippen MR) is 91.0 cm³/mol. The van der Waals surface area contributed by atoms with E-state index in [9.17, 15) is 15.8 Å². The Morgan fingerprint density at radius 1 is 0.708 bits per heavy atom. The van der Waals surface area contributed by atoms with Crippen molar-refractivity contribution in [2.75, 3.05) is 0 Å². The normalized spacial score (nSPS) is 9.50. The molecular weight excluding hydrogens is 296 g/mol. The van der Waals surface area contributed by atoms with Crippen LogP contribution in [0.4, 0.5) is 0 Å². The summed E-state index contributed by atoms with van der Waals surface area (Å²) in [5.41, 5.74) is -0.000291. The van der Waals surface area contributed by atoms with Crippen LogP contribution >= 0.6 is 0 Å². The van der Waals surface area contributed by atoms with Crippen molar-refractivity contribution >= 4 is 32.8 Å². The minimum absolute atomic E-state index is 0.00951. The highest BCUT2D eigenvalue weighted by Crippen LogP contribution is 2.16. The topological polar surface area (TPSA) is 75.7 Å². The predicted octanol–water partition coefficient (Wildman–Crippen LogP) is 2.74. The van der Waals surface area contributed by atoms with E-state index in [2.05, 4.69) is 4.85 Å². The zero-order valence-corrected chi connectivity index (χ0v) is 12.4. The molecule has 3 aromatic carbocycles. The molecule has 0 fully saturated rings. The number of nitrogens with zero attached hydrogens (tertiary/aromatic N) is 4. The number of fused-ring (bicyclic) bond motifs is 2. The van der Waals surface area contributed by atoms with E-state index in [-0.39, 0.29) is 11.3 Å². The Morgan fingerprint density at radius 2 is 1.12 bits per heavy atom. The van der Waals surface area contributed by atoms with E-state index in [0.29, 0.717) is 32.0 Å². The van der Waals surface area contributed by atoms with Crippen LogP contribution in [0.2, 0.25) is 0 Å². The summed E-state index contributed by atoms with van der Waals surface area (Å²) in [4.78, 5) is 3.36. The van der Waals surface area contributed by atoms with Crippen LogP contribution in [-0.2, 0) is 0 Å². The van der Waals surface area contributed by atoms with Crippen LogP contribution in [0.5, 0.6) is 0 Å². The van der Waals surface area contributed by atoms with Gasteiger partial charge in [-0.3, -0.25) is 0 Å². The molecule has 0 amide bonds. The molecule has 0 saturated heterocycles. The summed E-state index contributed by atoms with van der Waals surface area (Å²) in [5, 5.41) is 31.9. The minimum atomic E-state index is -0.00980. The molecule has 0 saturated carbocycles. The maximum absolute atomic E-state index is 9.36. The zero-order valence-electron chi connectivity index (χ0n) is 12.4. The summed E-state index contributed by atoms with van der Waals surface area (Å²) in [6.07, 6.45) is 0. The second kappa shape index (κ2) is 5.94. The maximum Gasteiger partial charge on any atom is 0.270 e. The quantitative estimate of drug-likeness (QED) is 0.473. The molecular formula is C20H8N4. The molecule has 0 aromatic heterocycles. The molecule has 3 aromatic rings. The molecule has 0 atom stereocenters. The Hall–Kier alpha value is -4.12. The molecule has 0 radical (unpaired) electrons. The Morgan fingerprint density at radius 3 is 1.46 bits per heavy atom. The van der Waals surface area contributed by atoms with Crippen molar-refractivity contribution in [3.05, 3.63) is 70.4 Å². The Kier molecular flexibility index (Phi) is 3.66. The molecule has 0 N–H and O–H groups in total. The monoisotopic (exact) mass is 304 g/mol. The van der Waals surface area contributed by atoms with Gasteiger partial charge in [-0.25, -0.2) is 10.1 Å². The number of benzene rings is 3. The third-order valence-corrected chi connectivity index (χ3v) is 3.86. The van der Waals surface area contributed by atoms with E-state index >= 15 is 0 Å². The van der Waals surface area contributed by atoms with Gasteiger partial charge in [-0.15, -0.1) is 0 Å². The van der Waals surface area contributed by atoms with Gasteiger partial charge >= 0.3 is 0 Å². The van der Waals surface area contributed by atoms with E-state index in [1.807, 2.05) is 30.3 Å². The first-order chi connectivity index (χ1) is 11.8. The Balaban J connectivity index is 2.95. The van der Waals surface area contributed by atoms with Crippen LogP contribution in [0.1, 0.15) is 0 Å². The molecule has 0 heterocycles. The molecule has 0 aliphatic heterocycles. The lowest BCUT2D eigenvalue weighted by molar-refractivity contribution is 1.50. The fourth-order valence-electron chi connectivity index (χ4n) is 2.93. The lowest BCUT2D eigenvalue weighted by atomic mass is 9.95. The average Bonchev–Trinajstić information content (AvgIpc) is 2.64. The largest absolute Gasteiger partial charge is 0.270 e. The van der Waals surface area contributed by atoms with Crippen LogP contribution < -0.4 is 10.4 Å². The highest BCUT2D eigenvalue weighted by molar-refractivity contribution is 6.05. The van der Waals surface area contributed by atoms with Crippen molar-refractivity contribution in [3.63, 3.8) is 0 Å². The Bertz CT molecular complexity index is 1090. The third-order valence-electron chi connectivity index (χ3n) is 3.86. The van der Waals surface area contributed by atoms with Crippen LogP contribution in [0, 0.1) is 40.6 Å². The summed E-state index contributed by atoms with van der Waals surface area (Å²) in [5.74, 6) is 0. The van der Waals surface area contributed by atoms with Gasteiger partial charge in [0.05, 0.1) is 12.6 Å². The van der Waals surface area contributed by atoms with Crippen LogP contribution in [-0.4, -0.2) is 0 Å². The first-order valence-corrected chi connectivity index (χ1v) is 7.02. The van der Waals surface area contributed by atoms with Crippen LogP contribution in [0.3, 0.4) is 0 Å². The average molecular weight is 304 g/mol. The van der Waals surface area contributed by atoms with Gasteiger partial charge < -0.3 is 0 Å². The second-order valence-corrected chi connectivity index (χ2v) is 5.01. The summed E-state index contributed by atoms with van der Waals surface area (Å²) in [6.45, 7) is 7.31. The lowest BCUT2D eigenvalue weighted by Crippen LogP contribution is -2.18. The van der Waals surface area contributed by atoms with Crippen molar-refractivity contribution < 1.29 is 0 Å². The molecule has 4 heteroatoms. The van der Waals surface area contributed by atoms with E-state index in [4.69, 9.17) is 6.57 Å². The Labute approximate surface area is 137 Å². The van der Waals surface area contributed by atoms with Crippen LogP contribution in [0.15, 0.2) is 48.5 Å². The molecule has 0 unspecified atom stereocenters. The van der Waals surface area contributed by atoms with E-state index in [1.54, 1.807) is 36.4 Å². The summed E-state index contributed by atoms with van der Waals surface area (Å²) in [6, 6.07) is 20.3. The molecule has 0 spiro atoms. The standard InChI is InChI=1S/C20H8N4/c1-24-18(12-23)20-16-8-4-2-6-14(16)19(13(10-21)11-22)15-7-3-5-9-17(15)20/h2-9H. The lowest BCUT2D eigenvalue weighted by Gasteiger charge is -2.08. The highest BCUT2D eigenvalue weighted by atomic mass is 14.7. The fourth-order valence-corrected chi connectivity index (χ4v) is 2.93. The van der Waals surface area contributed by atoms with Gasteiger partial charge in [-0.05, 0) is 21.5 Å². The number of hydrogen-bond acceptors (Lipinski definition) is 3. The van der Waals surface area contributed by atoms with Crippen molar-refractivity contribution in [1.29, 1.82) is 15.8 Å². The number of hydrogen-bond donors (Lipinski definition) is 0. The van der Waals surface area contributed by atoms with Gasteiger partial charge in [0.2, 0.25) is 0 Å². The van der Waals surface area contributed by atoms with Gasteiger partial charge in [0.25, 0.3) is 5.70 Å². The van der Waals surface area contributed by atoms with Gasteiger partial charge in [0, 0.05) is 10.4 Å². The van der Waals surface area contributed by atoms with Crippen LogP contribution in [0.25, 0.3) is 37.7 Å². The van der Waals surface area contributed by atoms with E-state index in [0.717, 1.165) is 0 Å². The smallest absolute Gasteiger partial charge is 0.226 e. The molecule has 108 valence electrons. The van der Waals surface area contributed by atoms with Gasteiger partial charge in [0.15, 0.2) is 0 Å². The van der Waals surface area contributed by atoms with Gasteiger partial charge in [0.1, 0.15) is 17.7 Å². The number of rotatable bonds is 0. The van der Waals surface area contributed by atoms with Crippen molar-refractivity contribution in [2.45, 2.75) is 0 Å². The third kappa shape index (κ3) is 2.05. The SMILES string of the molecule is [C-]#[N+]C(C#N)=c1c2ccccc2c(=C(C#N)C#N)c2ccccc12. The first kappa shape index (κ1) is 14.8. The van der Waals surface area contributed by atoms with Crippen molar-refractivity contribution in [1.82, 2.24) is 0 Å². The van der Waals surface area contributed by atoms with Gasteiger partial charge in [-0.2, -0.15) is 10.5 Å². The van der Waals surface area contributed by atoms with Gasteiger partial charge in [-0.1, -0.05) is 48.5 Å². The molecule has 24 heavy (non-hydrogen) atoms. The number of nitriles is 3.